The van der Waals surface area contributed by atoms with Crippen molar-refractivity contribution in [2.75, 3.05) is 45.7 Å². The minimum absolute atomic E-state index is 0.00281. The first kappa shape index (κ1) is 35.0. The molecule has 9 nitrogen and oxygen atoms in total. The third-order valence-electron chi connectivity index (χ3n) is 11.9. The zero-order valence-corrected chi connectivity index (χ0v) is 31.6. The van der Waals surface area contributed by atoms with Gasteiger partial charge in [0.05, 0.1) is 0 Å². The summed E-state index contributed by atoms with van der Waals surface area (Å²) in [5.41, 5.74) is 2.83. The van der Waals surface area contributed by atoms with Crippen molar-refractivity contribution in [1.82, 2.24) is 29.3 Å². The van der Waals surface area contributed by atoms with E-state index in [1.165, 1.54) is 76.6 Å². The molecule has 0 radical (unpaired) electrons. The molecular formula is C38H59N7O2Si. The molecule has 4 heterocycles. The average Bonchev–Trinajstić information content (AvgIpc) is 3.72. The molecule has 1 aliphatic heterocycles. The van der Waals surface area contributed by atoms with Gasteiger partial charge in [0, 0.05) is 51.1 Å². The van der Waals surface area contributed by atoms with Gasteiger partial charge in [-0.1, -0.05) is 39.7 Å². The smallest absolute Gasteiger partial charge is 0.270 e. The van der Waals surface area contributed by atoms with Crippen molar-refractivity contribution >= 4 is 37.0 Å². The van der Waals surface area contributed by atoms with Crippen LogP contribution in [0.2, 0.25) is 18.1 Å². The summed E-state index contributed by atoms with van der Waals surface area (Å²) in [4.78, 5) is 31.6. The maximum atomic E-state index is 13.0. The molecule has 0 bridgehead atoms. The van der Waals surface area contributed by atoms with Crippen LogP contribution < -0.4 is 5.32 Å². The van der Waals surface area contributed by atoms with Gasteiger partial charge < -0.3 is 24.1 Å². The van der Waals surface area contributed by atoms with Crippen LogP contribution >= 0.6 is 0 Å². The quantitative estimate of drug-likeness (QED) is 0.216. The minimum atomic E-state index is -1.65. The molecule has 0 spiro atoms. The predicted octanol–water partition coefficient (Wildman–Crippen LogP) is 8.39. The summed E-state index contributed by atoms with van der Waals surface area (Å²) in [6.07, 6.45) is 16.1. The second kappa shape index (κ2) is 14.6. The third-order valence-corrected chi connectivity index (χ3v) is 16.4. The van der Waals surface area contributed by atoms with E-state index in [-0.39, 0.29) is 5.91 Å². The van der Waals surface area contributed by atoms with Crippen molar-refractivity contribution in [3.63, 3.8) is 0 Å². The highest BCUT2D eigenvalue weighted by Crippen LogP contribution is 2.39. The SMILES string of the molecule is CN(C)C(=O)c1cc2cnc(Nc3ccc(C4CCN(CC5CCC(CO[Si](C)(C)C(C)(C)C)CC5)CC4)cn3)nc2n1C1CCCC1. The van der Waals surface area contributed by atoms with Crippen molar-refractivity contribution in [1.29, 1.82) is 0 Å². The lowest BCUT2D eigenvalue weighted by atomic mass is 9.81. The Kier molecular flexibility index (Phi) is 10.6. The van der Waals surface area contributed by atoms with Crippen molar-refractivity contribution in [3.8, 4) is 0 Å². The normalized spacial score (nSPS) is 22.0. The van der Waals surface area contributed by atoms with Gasteiger partial charge in [-0.15, -0.1) is 0 Å². The van der Waals surface area contributed by atoms with Crippen molar-refractivity contribution in [2.45, 2.75) is 115 Å². The zero-order chi connectivity index (χ0) is 34.1. The molecule has 1 amide bonds. The van der Waals surface area contributed by atoms with Gasteiger partial charge in [0.2, 0.25) is 5.95 Å². The van der Waals surface area contributed by atoms with Gasteiger partial charge in [0.1, 0.15) is 17.2 Å². The molecule has 48 heavy (non-hydrogen) atoms. The van der Waals surface area contributed by atoms with Gasteiger partial charge in [-0.25, -0.2) is 9.97 Å². The molecule has 3 aromatic rings. The topological polar surface area (TPSA) is 88.4 Å². The number of nitrogens with zero attached hydrogens (tertiary/aromatic N) is 6. The first-order valence-corrected chi connectivity index (χ1v) is 21.5. The van der Waals surface area contributed by atoms with E-state index in [4.69, 9.17) is 14.4 Å². The fraction of sp³-hybridized carbons (Fsp3) is 0.684. The van der Waals surface area contributed by atoms with Crippen LogP contribution in [-0.4, -0.2) is 83.9 Å². The van der Waals surface area contributed by atoms with E-state index in [1.807, 2.05) is 18.5 Å². The summed E-state index contributed by atoms with van der Waals surface area (Å²) < 4.78 is 8.71. The fourth-order valence-electron chi connectivity index (χ4n) is 7.77. The number of hydrogen-bond acceptors (Lipinski definition) is 7. The average molecular weight is 674 g/mol. The lowest BCUT2D eigenvalue weighted by Crippen LogP contribution is -2.42. The molecule has 3 fully saturated rings. The predicted molar refractivity (Wildman–Crippen MR) is 198 cm³/mol. The highest BCUT2D eigenvalue weighted by atomic mass is 28.4. The van der Waals surface area contributed by atoms with E-state index in [9.17, 15) is 4.79 Å². The Morgan fingerprint density at radius 3 is 2.27 bits per heavy atom. The van der Waals surface area contributed by atoms with Crippen LogP contribution in [0.25, 0.3) is 11.0 Å². The Morgan fingerprint density at radius 2 is 1.65 bits per heavy atom. The molecular weight excluding hydrogens is 615 g/mol. The third kappa shape index (κ3) is 7.97. The first-order valence-electron chi connectivity index (χ1n) is 18.6. The van der Waals surface area contributed by atoms with Gasteiger partial charge in [-0.05, 0) is 118 Å². The lowest BCUT2D eigenvalue weighted by molar-refractivity contribution is 0.0815. The number of fused-ring (bicyclic) bond motifs is 1. The Hall–Kier alpha value is -2.82. The van der Waals surface area contributed by atoms with Crippen LogP contribution in [-0.2, 0) is 4.43 Å². The summed E-state index contributed by atoms with van der Waals surface area (Å²) in [5.74, 6) is 3.39. The van der Waals surface area contributed by atoms with E-state index < -0.39 is 8.32 Å². The Labute approximate surface area is 289 Å². The molecule has 3 aliphatic rings. The Morgan fingerprint density at radius 1 is 0.958 bits per heavy atom. The molecule has 0 unspecified atom stereocenters. The first-order chi connectivity index (χ1) is 22.9. The van der Waals surface area contributed by atoms with E-state index >= 15 is 0 Å². The monoisotopic (exact) mass is 673 g/mol. The molecule has 0 aromatic carbocycles. The van der Waals surface area contributed by atoms with E-state index in [2.05, 4.69) is 65.8 Å². The number of carbonyl (C=O) groups excluding carboxylic acids is 1. The van der Waals surface area contributed by atoms with Crippen LogP contribution in [0.4, 0.5) is 11.8 Å². The summed E-state index contributed by atoms with van der Waals surface area (Å²) in [6.45, 7) is 16.3. The molecule has 1 saturated heterocycles. The van der Waals surface area contributed by atoms with Crippen molar-refractivity contribution in [2.24, 2.45) is 11.8 Å². The molecule has 6 rings (SSSR count). The second-order valence-corrected chi connectivity index (χ2v) is 21.5. The Bertz CT molecular complexity index is 1520. The molecule has 2 saturated carbocycles. The minimum Gasteiger partial charge on any atom is -0.417 e. The van der Waals surface area contributed by atoms with Gasteiger partial charge in [0.15, 0.2) is 8.32 Å². The molecule has 0 atom stereocenters. The summed E-state index contributed by atoms with van der Waals surface area (Å²) in [6, 6.07) is 6.51. The van der Waals surface area contributed by atoms with Crippen LogP contribution in [0.5, 0.6) is 0 Å². The number of aromatic nitrogens is 4. The number of nitrogens with one attached hydrogen (secondary N) is 1. The highest BCUT2D eigenvalue weighted by molar-refractivity contribution is 6.74. The number of anilines is 2. The number of amides is 1. The maximum Gasteiger partial charge on any atom is 0.270 e. The van der Waals surface area contributed by atoms with E-state index in [0.29, 0.717) is 28.6 Å². The number of carbonyl (C=O) groups is 1. The summed E-state index contributed by atoms with van der Waals surface area (Å²) in [5, 5.41) is 4.51. The molecule has 3 aromatic heterocycles. The van der Waals surface area contributed by atoms with Gasteiger partial charge in [0.25, 0.3) is 5.91 Å². The van der Waals surface area contributed by atoms with Gasteiger partial charge in [-0.2, -0.15) is 4.98 Å². The van der Waals surface area contributed by atoms with Crippen molar-refractivity contribution in [3.05, 3.63) is 41.9 Å². The largest absolute Gasteiger partial charge is 0.417 e. The molecule has 10 heteroatoms. The van der Waals surface area contributed by atoms with Crippen LogP contribution in [0.15, 0.2) is 30.6 Å². The van der Waals surface area contributed by atoms with Crippen LogP contribution in [0, 0.1) is 11.8 Å². The van der Waals surface area contributed by atoms with Gasteiger partial charge in [-0.3, -0.25) is 4.79 Å². The highest BCUT2D eigenvalue weighted by Gasteiger charge is 2.38. The number of likely N-dealkylation sites (tertiary alicyclic amines) is 1. The lowest BCUT2D eigenvalue weighted by Gasteiger charge is -2.39. The molecule has 262 valence electrons. The molecule has 1 N–H and O–H groups in total. The summed E-state index contributed by atoms with van der Waals surface area (Å²) in [7, 11) is 1.95. The molecule has 2 aliphatic carbocycles. The van der Waals surface area contributed by atoms with Crippen LogP contribution in [0.1, 0.15) is 113 Å². The van der Waals surface area contributed by atoms with Crippen LogP contribution in [0.3, 0.4) is 0 Å². The maximum absolute atomic E-state index is 13.0. The number of rotatable bonds is 10. The standard InChI is InChI=1S/C38H59N7O2Si/c1-38(2,3)48(6,7)47-26-28-14-12-27(13-15-28)25-44-20-18-29(19-21-44)30-16-17-34(39-23-30)41-37-40-24-31-22-33(36(46)43(4)5)45(35(31)42-37)32-10-8-9-11-32/h16-17,22-24,27-29,32H,8-15,18-21,25-26H2,1-7H3,(H,39,40,41,42). The number of hydrogen-bond donors (Lipinski definition) is 1. The van der Waals surface area contributed by atoms with E-state index in [0.717, 1.165) is 48.1 Å². The summed E-state index contributed by atoms with van der Waals surface area (Å²) >= 11 is 0. The number of pyridine rings is 1. The van der Waals surface area contributed by atoms with Gasteiger partial charge >= 0.3 is 0 Å². The second-order valence-electron chi connectivity index (χ2n) is 16.6. The zero-order valence-electron chi connectivity index (χ0n) is 30.6. The van der Waals surface area contributed by atoms with E-state index in [1.54, 1.807) is 19.0 Å². The number of piperidine rings is 1. The fourth-order valence-corrected chi connectivity index (χ4v) is 8.85. The van der Waals surface area contributed by atoms with Crippen molar-refractivity contribution < 1.29 is 9.22 Å². The Balaban J connectivity index is 0.993.